The van der Waals surface area contributed by atoms with Crippen molar-refractivity contribution in [3.8, 4) is 0 Å². The Morgan fingerprint density at radius 2 is 2.11 bits per heavy atom. The number of esters is 1. The zero-order chi connectivity index (χ0) is 13.1. The molecule has 0 unspecified atom stereocenters. The van der Waals surface area contributed by atoms with Crippen LogP contribution in [0.4, 0.5) is 8.78 Å². The monoisotopic (exact) mass is 256 g/mol. The van der Waals surface area contributed by atoms with E-state index in [0.29, 0.717) is 12.8 Å². The summed E-state index contributed by atoms with van der Waals surface area (Å²) < 4.78 is 31.4. The van der Waals surface area contributed by atoms with Crippen LogP contribution in [0.1, 0.15) is 23.2 Å². The molecule has 1 aromatic heterocycles. The fraction of sp³-hybridized carbons (Fsp3) is 0.500. The lowest BCUT2D eigenvalue weighted by atomic mass is 10.1. The van der Waals surface area contributed by atoms with Gasteiger partial charge in [0.25, 0.3) is 0 Å². The minimum absolute atomic E-state index is 0.232. The van der Waals surface area contributed by atoms with E-state index < -0.39 is 23.3 Å². The van der Waals surface area contributed by atoms with E-state index in [2.05, 4.69) is 9.88 Å². The molecule has 0 saturated carbocycles. The molecule has 1 aliphatic rings. The Hall–Kier alpha value is -1.56. The van der Waals surface area contributed by atoms with Gasteiger partial charge in [0.1, 0.15) is 11.7 Å². The second kappa shape index (κ2) is 5.39. The highest BCUT2D eigenvalue weighted by molar-refractivity contribution is 5.89. The average Bonchev–Trinajstić information content (AvgIpc) is 2.35. The number of ether oxygens (including phenoxy) is 1. The quantitative estimate of drug-likeness (QED) is 0.595. The number of hydrogen-bond donors (Lipinski definition) is 0. The molecule has 0 aliphatic carbocycles. The predicted octanol–water partition coefficient (Wildman–Crippen LogP) is 1.61. The topological polar surface area (TPSA) is 42.4 Å². The summed E-state index contributed by atoms with van der Waals surface area (Å²) in [6, 6.07) is 1.12. The van der Waals surface area contributed by atoms with Crippen molar-refractivity contribution >= 4 is 5.97 Å². The van der Waals surface area contributed by atoms with E-state index in [1.807, 2.05) is 7.05 Å². The fourth-order valence-electron chi connectivity index (χ4n) is 1.89. The summed E-state index contributed by atoms with van der Waals surface area (Å²) in [5, 5.41) is 0. The molecular formula is C12H14F2N2O2. The molecular weight excluding hydrogens is 242 g/mol. The molecule has 2 heterocycles. The smallest absolute Gasteiger partial charge is 0.341 e. The Morgan fingerprint density at radius 1 is 1.44 bits per heavy atom. The SMILES string of the molecule is CN1CCC(OC(=O)c2ccnc(F)c2F)CC1. The number of nitrogens with zero attached hydrogens (tertiary/aromatic N) is 2. The fourth-order valence-corrected chi connectivity index (χ4v) is 1.89. The van der Waals surface area contributed by atoms with Crippen LogP contribution >= 0.6 is 0 Å². The molecule has 1 saturated heterocycles. The van der Waals surface area contributed by atoms with E-state index in [4.69, 9.17) is 4.74 Å². The zero-order valence-electron chi connectivity index (χ0n) is 10.0. The van der Waals surface area contributed by atoms with Gasteiger partial charge in [-0.15, -0.1) is 0 Å². The lowest BCUT2D eigenvalue weighted by Gasteiger charge is -2.28. The second-order valence-electron chi connectivity index (χ2n) is 4.37. The molecule has 1 aromatic rings. The first-order valence-corrected chi connectivity index (χ1v) is 5.77. The van der Waals surface area contributed by atoms with Crippen LogP contribution in [0.5, 0.6) is 0 Å². The van der Waals surface area contributed by atoms with E-state index in [1.165, 1.54) is 0 Å². The minimum Gasteiger partial charge on any atom is -0.459 e. The normalized spacial score (nSPS) is 17.7. The van der Waals surface area contributed by atoms with Gasteiger partial charge in [-0.05, 0) is 26.0 Å². The number of piperidine rings is 1. The largest absolute Gasteiger partial charge is 0.459 e. The van der Waals surface area contributed by atoms with Crippen LogP contribution in [-0.4, -0.2) is 42.1 Å². The first-order valence-electron chi connectivity index (χ1n) is 5.77. The van der Waals surface area contributed by atoms with Gasteiger partial charge in [0.15, 0.2) is 5.82 Å². The molecule has 0 atom stereocenters. The van der Waals surface area contributed by atoms with E-state index in [-0.39, 0.29) is 6.10 Å². The van der Waals surface area contributed by atoms with Gasteiger partial charge in [-0.3, -0.25) is 0 Å². The lowest BCUT2D eigenvalue weighted by Crippen LogP contribution is -2.35. The Morgan fingerprint density at radius 3 is 2.78 bits per heavy atom. The zero-order valence-corrected chi connectivity index (χ0v) is 10.0. The van der Waals surface area contributed by atoms with Crippen LogP contribution in [0.15, 0.2) is 12.3 Å². The van der Waals surface area contributed by atoms with E-state index in [0.717, 1.165) is 25.4 Å². The van der Waals surface area contributed by atoms with E-state index in [1.54, 1.807) is 0 Å². The molecule has 0 N–H and O–H groups in total. The molecule has 4 nitrogen and oxygen atoms in total. The van der Waals surface area contributed by atoms with Gasteiger partial charge in [0.05, 0.1) is 0 Å². The third-order valence-corrected chi connectivity index (χ3v) is 3.01. The van der Waals surface area contributed by atoms with Crippen molar-refractivity contribution in [1.29, 1.82) is 0 Å². The summed E-state index contributed by atoms with van der Waals surface area (Å²) in [6.45, 7) is 1.65. The molecule has 0 aromatic carbocycles. The van der Waals surface area contributed by atoms with Gasteiger partial charge < -0.3 is 9.64 Å². The van der Waals surface area contributed by atoms with Crippen LogP contribution in [0.25, 0.3) is 0 Å². The maximum atomic E-state index is 13.3. The van der Waals surface area contributed by atoms with Crippen molar-refractivity contribution < 1.29 is 18.3 Å². The molecule has 6 heteroatoms. The number of pyridine rings is 1. The van der Waals surface area contributed by atoms with Crippen molar-refractivity contribution in [3.05, 3.63) is 29.6 Å². The lowest BCUT2D eigenvalue weighted by molar-refractivity contribution is 0.0133. The third kappa shape index (κ3) is 2.81. The van der Waals surface area contributed by atoms with Crippen LogP contribution in [0, 0.1) is 11.8 Å². The predicted molar refractivity (Wildman–Crippen MR) is 60.1 cm³/mol. The minimum atomic E-state index is -1.28. The number of likely N-dealkylation sites (tertiary alicyclic amines) is 1. The highest BCUT2D eigenvalue weighted by Crippen LogP contribution is 2.16. The maximum Gasteiger partial charge on any atom is 0.341 e. The Kier molecular flexibility index (Phi) is 3.86. The summed E-state index contributed by atoms with van der Waals surface area (Å²) in [6.07, 6.45) is 2.22. The van der Waals surface area contributed by atoms with Gasteiger partial charge in [-0.25, -0.2) is 14.2 Å². The van der Waals surface area contributed by atoms with Crippen molar-refractivity contribution in [2.75, 3.05) is 20.1 Å². The summed E-state index contributed by atoms with van der Waals surface area (Å²) in [4.78, 5) is 16.9. The van der Waals surface area contributed by atoms with Crippen LogP contribution < -0.4 is 0 Å². The maximum absolute atomic E-state index is 13.3. The molecule has 98 valence electrons. The van der Waals surface area contributed by atoms with E-state index >= 15 is 0 Å². The number of rotatable bonds is 2. The molecule has 1 fully saturated rings. The van der Waals surface area contributed by atoms with Crippen molar-refractivity contribution in [3.63, 3.8) is 0 Å². The highest BCUT2D eigenvalue weighted by atomic mass is 19.2. The van der Waals surface area contributed by atoms with Crippen LogP contribution in [-0.2, 0) is 4.74 Å². The summed E-state index contributed by atoms with van der Waals surface area (Å²) in [7, 11) is 1.98. The highest BCUT2D eigenvalue weighted by Gasteiger charge is 2.23. The third-order valence-electron chi connectivity index (χ3n) is 3.01. The van der Waals surface area contributed by atoms with Gasteiger partial charge in [-0.1, -0.05) is 0 Å². The first kappa shape index (κ1) is 12.9. The Balaban J connectivity index is 2.01. The van der Waals surface area contributed by atoms with Crippen molar-refractivity contribution in [2.45, 2.75) is 18.9 Å². The number of hydrogen-bond acceptors (Lipinski definition) is 4. The second-order valence-corrected chi connectivity index (χ2v) is 4.37. The van der Waals surface area contributed by atoms with E-state index in [9.17, 15) is 13.6 Å². The summed E-state index contributed by atoms with van der Waals surface area (Å²) in [5.41, 5.74) is -0.401. The van der Waals surface area contributed by atoms with Crippen LogP contribution in [0.2, 0.25) is 0 Å². The molecule has 0 bridgehead atoms. The first-order chi connectivity index (χ1) is 8.58. The Labute approximate surface area is 104 Å². The standard InChI is InChI=1S/C12H14F2N2O2/c1-16-6-3-8(4-7-16)18-12(17)9-2-5-15-11(14)10(9)13/h2,5,8H,3-4,6-7H2,1H3. The van der Waals surface area contributed by atoms with Crippen molar-refractivity contribution in [2.24, 2.45) is 0 Å². The van der Waals surface area contributed by atoms with Gasteiger partial charge in [0, 0.05) is 19.3 Å². The molecule has 1 aliphatic heterocycles. The number of carbonyl (C=O) groups excluding carboxylic acids is 1. The number of aromatic nitrogens is 1. The van der Waals surface area contributed by atoms with Gasteiger partial charge in [-0.2, -0.15) is 4.39 Å². The van der Waals surface area contributed by atoms with Crippen LogP contribution in [0.3, 0.4) is 0 Å². The van der Waals surface area contributed by atoms with Crippen molar-refractivity contribution in [1.82, 2.24) is 9.88 Å². The molecule has 0 radical (unpaired) electrons. The summed E-state index contributed by atoms with van der Waals surface area (Å²) >= 11 is 0. The molecule has 0 amide bonds. The van der Waals surface area contributed by atoms with Gasteiger partial charge >= 0.3 is 5.97 Å². The van der Waals surface area contributed by atoms with Gasteiger partial charge in [0.2, 0.25) is 5.95 Å². The molecule has 18 heavy (non-hydrogen) atoms. The summed E-state index contributed by atoms with van der Waals surface area (Å²) in [5.74, 6) is -3.37. The molecule has 0 spiro atoms. The molecule has 2 rings (SSSR count). The number of halogens is 2. The number of carbonyl (C=O) groups is 1. The average molecular weight is 256 g/mol. The Bertz CT molecular complexity index is 446.